The molecule has 1 amide bonds. The van der Waals surface area contributed by atoms with Crippen molar-refractivity contribution in [2.45, 2.75) is 25.8 Å². The summed E-state index contributed by atoms with van der Waals surface area (Å²) in [7, 11) is 0. The zero-order valence-electron chi connectivity index (χ0n) is 13.3. The van der Waals surface area contributed by atoms with Gasteiger partial charge in [0.1, 0.15) is 5.82 Å². The molecule has 0 fully saturated rings. The number of carbonyl (C=O) groups excluding carboxylic acids is 1. The van der Waals surface area contributed by atoms with Crippen LogP contribution in [0.2, 0.25) is 0 Å². The molecule has 0 unspecified atom stereocenters. The maximum Gasteiger partial charge on any atom is 0.255 e. The van der Waals surface area contributed by atoms with Gasteiger partial charge in [0.05, 0.1) is 5.69 Å². The predicted molar refractivity (Wildman–Crippen MR) is 92.8 cm³/mol. The summed E-state index contributed by atoms with van der Waals surface area (Å²) in [5.74, 6) is 1.04. The van der Waals surface area contributed by atoms with Crippen LogP contribution >= 0.6 is 0 Å². The number of imidazole rings is 1. The number of hydrogen-bond acceptors (Lipinski definition) is 3. The lowest BCUT2D eigenvalue weighted by Crippen LogP contribution is -2.11. The normalized spacial score (nSPS) is 13.3. The molecule has 1 N–H and O–H groups in total. The second-order valence-corrected chi connectivity index (χ2v) is 5.96. The van der Waals surface area contributed by atoms with E-state index >= 15 is 0 Å². The minimum Gasteiger partial charge on any atom is -0.334 e. The summed E-state index contributed by atoms with van der Waals surface area (Å²) in [6, 6.07) is 11.2. The van der Waals surface area contributed by atoms with Crippen molar-refractivity contribution in [2.24, 2.45) is 0 Å². The summed E-state index contributed by atoms with van der Waals surface area (Å²) >= 11 is 0. The van der Waals surface area contributed by atoms with Gasteiger partial charge in [0.25, 0.3) is 5.91 Å². The fourth-order valence-electron chi connectivity index (χ4n) is 2.98. The molecule has 5 heteroatoms. The zero-order valence-corrected chi connectivity index (χ0v) is 13.3. The first-order valence-electron chi connectivity index (χ1n) is 8.17. The Labute approximate surface area is 140 Å². The van der Waals surface area contributed by atoms with E-state index in [9.17, 15) is 4.79 Å². The lowest BCUT2D eigenvalue weighted by Gasteiger charge is -2.11. The predicted octanol–water partition coefficient (Wildman–Crippen LogP) is 3.53. The number of benzene rings is 1. The van der Waals surface area contributed by atoms with Crippen LogP contribution in [0.1, 0.15) is 29.0 Å². The van der Waals surface area contributed by atoms with Crippen molar-refractivity contribution < 1.29 is 4.79 Å². The van der Waals surface area contributed by atoms with Crippen LogP contribution < -0.4 is 5.32 Å². The minimum atomic E-state index is -0.136. The monoisotopic (exact) mass is 318 g/mol. The number of anilines is 1. The highest BCUT2D eigenvalue weighted by Crippen LogP contribution is 2.24. The second-order valence-electron chi connectivity index (χ2n) is 5.96. The van der Waals surface area contributed by atoms with Crippen LogP contribution in [-0.2, 0) is 13.0 Å². The molecule has 24 heavy (non-hydrogen) atoms. The fraction of sp³-hybridized carbons (Fsp3) is 0.211. The molecule has 0 saturated heterocycles. The van der Waals surface area contributed by atoms with E-state index in [2.05, 4.69) is 21.1 Å². The van der Waals surface area contributed by atoms with Crippen molar-refractivity contribution in [3.63, 3.8) is 0 Å². The smallest absolute Gasteiger partial charge is 0.255 e. The number of rotatable bonds is 3. The molecule has 0 bridgehead atoms. The maximum atomic E-state index is 12.1. The van der Waals surface area contributed by atoms with Gasteiger partial charge in [-0.05, 0) is 37.1 Å². The third kappa shape index (κ3) is 2.93. The van der Waals surface area contributed by atoms with E-state index in [-0.39, 0.29) is 5.91 Å². The van der Waals surface area contributed by atoms with Crippen LogP contribution in [-0.4, -0.2) is 20.4 Å². The summed E-state index contributed by atoms with van der Waals surface area (Å²) in [5, 5.41) is 2.89. The number of carbonyl (C=O) groups is 1. The van der Waals surface area contributed by atoms with E-state index in [1.807, 2.05) is 24.3 Å². The highest BCUT2D eigenvalue weighted by molar-refractivity contribution is 6.04. The van der Waals surface area contributed by atoms with E-state index in [4.69, 9.17) is 4.98 Å². The molecular formula is C19H18N4O. The molecule has 1 aliphatic heterocycles. The lowest BCUT2D eigenvalue weighted by atomic mass is 10.1. The molecule has 0 spiro atoms. The number of aromatic nitrogens is 3. The van der Waals surface area contributed by atoms with Gasteiger partial charge in [-0.3, -0.25) is 9.78 Å². The minimum absolute atomic E-state index is 0.136. The Kier molecular flexibility index (Phi) is 3.83. The van der Waals surface area contributed by atoms with Crippen molar-refractivity contribution in [2.75, 3.05) is 5.32 Å². The molecule has 1 aromatic carbocycles. The third-order valence-corrected chi connectivity index (χ3v) is 4.29. The van der Waals surface area contributed by atoms with E-state index in [1.165, 1.54) is 18.7 Å². The largest absolute Gasteiger partial charge is 0.334 e. The van der Waals surface area contributed by atoms with Gasteiger partial charge in [-0.25, -0.2) is 4.98 Å². The molecule has 1 aliphatic rings. The highest BCUT2D eigenvalue weighted by Gasteiger charge is 2.13. The van der Waals surface area contributed by atoms with Crippen LogP contribution in [0.15, 0.2) is 55.0 Å². The van der Waals surface area contributed by atoms with Crippen molar-refractivity contribution >= 4 is 11.6 Å². The summed E-state index contributed by atoms with van der Waals surface area (Å²) < 4.78 is 2.25. The molecule has 3 aromatic rings. The van der Waals surface area contributed by atoms with Crippen molar-refractivity contribution in [3.05, 3.63) is 66.4 Å². The van der Waals surface area contributed by atoms with Gasteiger partial charge in [-0.1, -0.05) is 12.1 Å². The summed E-state index contributed by atoms with van der Waals surface area (Å²) in [5.41, 5.74) is 3.43. The Hall–Kier alpha value is -2.95. The zero-order chi connectivity index (χ0) is 16.4. The van der Waals surface area contributed by atoms with E-state index in [0.717, 1.165) is 29.9 Å². The van der Waals surface area contributed by atoms with Crippen LogP contribution in [0, 0.1) is 0 Å². The Morgan fingerprint density at radius 1 is 1.04 bits per heavy atom. The SMILES string of the molecule is O=C(Nc1ccc(-c2cn3c(n2)CCCC3)cc1)c1ccncc1. The average molecular weight is 318 g/mol. The van der Waals surface area contributed by atoms with Gasteiger partial charge in [0, 0.05) is 48.4 Å². The Balaban J connectivity index is 1.50. The molecular weight excluding hydrogens is 300 g/mol. The summed E-state index contributed by atoms with van der Waals surface area (Å²) in [4.78, 5) is 20.8. The third-order valence-electron chi connectivity index (χ3n) is 4.29. The first-order chi connectivity index (χ1) is 11.8. The van der Waals surface area contributed by atoms with E-state index in [0.29, 0.717) is 5.56 Å². The summed E-state index contributed by atoms with van der Waals surface area (Å²) in [6.45, 7) is 1.06. The topological polar surface area (TPSA) is 59.8 Å². The molecule has 0 aliphatic carbocycles. The van der Waals surface area contributed by atoms with Gasteiger partial charge >= 0.3 is 0 Å². The standard InChI is InChI=1S/C19H18N4O/c24-19(15-8-10-20-11-9-15)21-16-6-4-14(5-7-16)17-13-23-12-2-1-3-18(23)22-17/h4-11,13H,1-3,12H2,(H,21,24). The maximum absolute atomic E-state index is 12.1. The lowest BCUT2D eigenvalue weighted by molar-refractivity contribution is 0.102. The van der Waals surface area contributed by atoms with Gasteiger partial charge in [0.15, 0.2) is 0 Å². The van der Waals surface area contributed by atoms with E-state index in [1.54, 1.807) is 24.5 Å². The number of aryl methyl sites for hydroxylation is 2. The number of hydrogen-bond donors (Lipinski definition) is 1. The molecule has 0 radical (unpaired) electrons. The number of fused-ring (bicyclic) bond motifs is 1. The van der Waals surface area contributed by atoms with Crippen molar-refractivity contribution in [1.29, 1.82) is 0 Å². The molecule has 2 aromatic heterocycles. The van der Waals surface area contributed by atoms with Crippen LogP contribution in [0.25, 0.3) is 11.3 Å². The van der Waals surface area contributed by atoms with Gasteiger partial charge in [0.2, 0.25) is 0 Å². The van der Waals surface area contributed by atoms with Crippen LogP contribution in [0.3, 0.4) is 0 Å². The number of nitrogens with zero attached hydrogens (tertiary/aromatic N) is 3. The number of nitrogens with one attached hydrogen (secondary N) is 1. The van der Waals surface area contributed by atoms with Gasteiger partial charge in [-0.15, -0.1) is 0 Å². The number of pyridine rings is 1. The Morgan fingerprint density at radius 3 is 2.58 bits per heavy atom. The van der Waals surface area contributed by atoms with Crippen molar-refractivity contribution in [3.8, 4) is 11.3 Å². The average Bonchev–Trinajstić information content (AvgIpc) is 3.07. The number of amides is 1. The molecule has 120 valence electrons. The van der Waals surface area contributed by atoms with Gasteiger partial charge < -0.3 is 9.88 Å². The fourth-order valence-corrected chi connectivity index (χ4v) is 2.98. The first-order valence-corrected chi connectivity index (χ1v) is 8.17. The van der Waals surface area contributed by atoms with E-state index < -0.39 is 0 Å². The highest BCUT2D eigenvalue weighted by atomic mass is 16.1. The second kappa shape index (κ2) is 6.28. The Bertz CT molecular complexity index is 829. The Morgan fingerprint density at radius 2 is 1.83 bits per heavy atom. The van der Waals surface area contributed by atoms with Gasteiger partial charge in [-0.2, -0.15) is 0 Å². The molecule has 5 nitrogen and oxygen atoms in total. The molecule has 0 saturated carbocycles. The van der Waals surface area contributed by atoms with Crippen LogP contribution in [0.4, 0.5) is 5.69 Å². The van der Waals surface area contributed by atoms with Crippen LogP contribution in [0.5, 0.6) is 0 Å². The molecule has 4 rings (SSSR count). The quantitative estimate of drug-likeness (QED) is 0.803. The molecule has 0 atom stereocenters. The summed E-state index contributed by atoms with van der Waals surface area (Å²) in [6.07, 6.45) is 8.84. The first kappa shape index (κ1) is 14.6. The molecule has 3 heterocycles. The van der Waals surface area contributed by atoms with Crippen molar-refractivity contribution in [1.82, 2.24) is 14.5 Å².